The molecule has 0 bridgehead atoms. The zero-order valence-electron chi connectivity index (χ0n) is 11.6. The van der Waals surface area contributed by atoms with Gasteiger partial charge in [0.25, 0.3) is 0 Å². The van der Waals surface area contributed by atoms with Crippen molar-refractivity contribution in [3.05, 3.63) is 41.0 Å². The van der Waals surface area contributed by atoms with Crippen LogP contribution in [0.2, 0.25) is 0 Å². The highest BCUT2D eigenvalue weighted by Crippen LogP contribution is 2.11. The second-order valence-corrected chi connectivity index (χ2v) is 5.10. The average molecular weight is 231 g/mol. The van der Waals surface area contributed by atoms with Crippen molar-refractivity contribution in [2.45, 2.75) is 34.1 Å². The second-order valence-electron chi connectivity index (χ2n) is 5.10. The normalized spacial score (nSPS) is 12.2. The monoisotopic (exact) mass is 231 g/mol. The first-order valence-electron chi connectivity index (χ1n) is 6.58. The lowest BCUT2D eigenvalue weighted by atomic mass is 10.1. The number of rotatable bonds is 6. The van der Waals surface area contributed by atoms with Gasteiger partial charge in [0.05, 0.1) is 0 Å². The van der Waals surface area contributed by atoms with Gasteiger partial charge in [0, 0.05) is 6.54 Å². The van der Waals surface area contributed by atoms with Crippen molar-refractivity contribution < 1.29 is 0 Å². The van der Waals surface area contributed by atoms with Crippen LogP contribution in [-0.4, -0.2) is 13.1 Å². The third-order valence-corrected chi connectivity index (χ3v) is 2.77. The average Bonchev–Trinajstić information content (AvgIpc) is 2.27. The molecule has 0 spiro atoms. The molecule has 0 unspecified atom stereocenters. The predicted molar refractivity (Wildman–Crippen MR) is 77.2 cm³/mol. The van der Waals surface area contributed by atoms with E-state index < -0.39 is 0 Å². The van der Waals surface area contributed by atoms with Gasteiger partial charge in [-0.2, -0.15) is 0 Å². The van der Waals surface area contributed by atoms with Gasteiger partial charge in [-0.25, -0.2) is 0 Å². The molecule has 1 N–H and O–H groups in total. The van der Waals surface area contributed by atoms with Gasteiger partial charge in [0.15, 0.2) is 0 Å². The summed E-state index contributed by atoms with van der Waals surface area (Å²) in [7, 11) is 0. The Bertz CT molecular complexity index is 364. The molecule has 0 aliphatic rings. The molecule has 0 aliphatic carbocycles. The molecule has 1 aromatic carbocycles. The van der Waals surface area contributed by atoms with Crippen molar-refractivity contribution in [1.29, 1.82) is 0 Å². The molecule has 0 radical (unpaired) electrons. The van der Waals surface area contributed by atoms with E-state index in [1.807, 2.05) is 0 Å². The molecular weight excluding hydrogens is 206 g/mol. The van der Waals surface area contributed by atoms with E-state index in [9.17, 15) is 0 Å². The molecule has 0 aromatic heterocycles. The van der Waals surface area contributed by atoms with Crippen LogP contribution in [0.3, 0.4) is 0 Å². The Hall–Kier alpha value is -1.08. The Labute approximate surface area is 106 Å². The first kappa shape index (κ1) is 14.0. The Morgan fingerprint density at radius 3 is 2.71 bits per heavy atom. The summed E-state index contributed by atoms with van der Waals surface area (Å²) in [4.78, 5) is 0. The molecular formula is C16H25N. The highest BCUT2D eigenvalue weighted by Gasteiger charge is 1.97. The van der Waals surface area contributed by atoms with Gasteiger partial charge >= 0.3 is 0 Å². The van der Waals surface area contributed by atoms with E-state index in [-0.39, 0.29) is 0 Å². The van der Waals surface area contributed by atoms with Crippen LogP contribution in [0.5, 0.6) is 0 Å². The van der Waals surface area contributed by atoms with Crippen LogP contribution in [0.15, 0.2) is 29.8 Å². The number of aryl methyl sites for hydroxylation is 1. The third-order valence-electron chi connectivity index (χ3n) is 2.77. The van der Waals surface area contributed by atoms with E-state index in [4.69, 9.17) is 0 Å². The molecule has 0 aliphatic heterocycles. The van der Waals surface area contributed by atoms with Gasteiger partial charge in [0.2, 0.25) is 0 Å². The van der Waals surface area contributed by atoms with Crippen LogP contribution in [0.25, 0.3) is 6.08 Å². The topological polar surface area (TPSA) is 12.0 Å². The van der Waals surface area contributed by atoms with Crippen LogP contribution >= 0.6 is 0 Å². The van der Waals surface area contributed by atoms with Gasteiger partial charge in [-0.1, -0.05) is 62.2 Å². The fraction of sp³-hybridized carbons (Fsp3) is 0.500. The van der Waals surface area contributed by atoms with Gasteiger partial charge in [-0.05, 0) is 31.4 Å². The molecule has 0 saturated heterocycles. The van der Waals surface area contributed by atoms with Crippen LogP contribution in [-0.2, 0) is 0 Å². The molecule has 0 amide bonds. The first-order chi connectivity index (χ1) is 8.11. The van der Waals surface area contributed by atoms with Crippen LogP contribution < -0.4 is 5.32 Å². The molecule has 1 rings (SSSR count). The lowest BCUT2D eigenvalue weighted by molar-refractivity contribution is 0.569. The van der Waals surface area contributed by atoms with E-state index in [0.29, 0.717) is 5.92 Å². The summed E-state index contributed by atoms with van der Waals surface area (Å²) in [5.74, 6) is 0.715. The molecule has 0 atom stereocenters. The zero-order valence-corrected chi connectivity index (χ0v) is 11.6. The maximum Gasteiger partial charge on any atom is 0.0167 e. The number of nitrogens with one attached hydrogen (secondary N) is 1. The van der Waals surface area contributed by atoms with Crippen molar-refractivity contribution in [1.82, 2.24) is 5.32 Å². The Morgan fingerprint density at radius 1 is 1.35 bits per heavy atom. The number of benzene rings is 1. The molecule has 0 heterocycles. The minimum Gasteiger partial charge on any atom is -0.313 e. The highest BCUT2D eigenvalue weighted by atomic mass is 14.9. The molecule has 17 heavy (non-hydrogen) atoms. The second kappa shape index (κ2) is 7.29. The minimum atomic E-state index is 0.715. The van der Waals surface area contributed by atoms with Crippen molar-refractivity contribution in [3.8, 4) is 0 Å². The molecule has 0 fully saturated rings. The smallest absolute Gasteiger partial charge is 0.0167 e. The van der Waals surface area contributed by atoms with E-state index in [1.54, 1.807) is 0 Å². The molecule has 1 aromatic rings. The van der Waals surface area contributed by atoms with E-state index in [0.717, 1.165) is 19.5 Å². The quantitative estimate of drug-likeness (QED) is 0.779. The minimum absolute atomic E-state index is 0.715. The van der Waals surface area contributed by atoms with Crippen molar-refractivity contribution in [2.24, 2.45) is 5.92 Å². The summed E-state index contributed by atoms with van der Waals surface area (Å²) in [5, 5.41) is 3.50. The van der Waals surface area contributed by atoms with E-state index in [1.165, 1.54) is 16.7 Å². The van der Waals surface area contributed by atoms with E-state index >= 15 is 0 Å². The summed E-state index contributed by atoms with van der Waals surface area (Å²) in [6.07, 6.45) is 3.42. The van der Waals surface area contributed by atoms with Gasteiger partial charge < -0.3 is 5.32 Å². The maximum absolute atomic E-state index is 3.50. The maximum atomic E-state index is 3.50. The summed E-state index contributed by atoms with van der Waals surface area (Å²) in [6.45, 7) is 10.9. The van der Waals surface area contributed by atoms with Crippen LogP contribution in [0.1, 0.15) is 38.3 Å². The molecule has 0 saturated carbocycles. The van der Waals surface area contributed by atoms with Crippen molar-refractivity contribution in [2.75, 3.05) is 13.1 Å². The summed E-state index contributed by atoms with van der Waals surface area (Å²) in [5.41, 5.74) is 4.11. The first-order valence-corrected chi connectivity index (χ1v) is 6.58. The largest absolute Gasteiger partial charge is 0.313 e. The van der Waals surface area contributed by atoms with Crippen LogP contribution in [0.4, 0.5) is 0 Å². The molecule has 94 valence electrons. The lowest BCUT2D eigenvalue weighted by Gasteiger charge is -2.09. The fourth-order valence-corrected chi connectivity index (χ4v) is 1.80. The Balaban J connectivity index is 2.60. The lowest BCUT2D eigenvalue weighted by Crippen LogP contribution is -2.21. The van der Waals surface area contributed by atoms with Crippen molar-refractivity contribution >= 4 is 6.08 Å². The summed E-state index contributed by atoms with van der Waals surface area (Å²) in [6, 6.07) is 8.67. The van der Waals surface area contributed by atoms with Gasteiger partial charge in [-0.15, -0.1) is 0 Å². The Kier molecular flexibility index (Phi) is 5.99. The standard InChI is InChI=1S/C16H25N/c1-5-15(12-17-11-13(2)3)10-16-8-6-7-14(4)9-16/h6-10,13,17H,5,11-12H2,1-4H3. The number of hydrogen-bond acceptors (Lipinski definition) is 1. The van der Waals surface area contributed by atoms with Gasteiger partial charge in [0.1, 0.15) is 0 Å². The molecule has 1 heteroatoms. The predicted octanol–water partition coefficient (Wildman–Crippen LogP) is 4.03. The van der Waals surface area contributed by atoms with Crippen molar-refractivity contribution in [3.63, 3.8) is 0 Å². The third kappa shape index (κ3) is 5.69. The summed E-state index contributed by atoms with van der Waals surface area (Å²) >= 11 is 0. The fourth-order valence-electron chi connectivity index (χ4n) is 1.80. The summed E-state index contributed by atoms with van der Waals surface area (Å²) < 4.78 is 0. The number of hydrogen-bond donors (Lipinski definition) is 1. The van der Waals surface area contributed by atoms with E-state index in [2.05, 4.69) is 63.4 Å². The van der Waals surface area contributed by atoms with Gasteiger partial charge in [-0.3, -0.25) is 0 Å². The zero-order chi connectivity index (χ0) is 12.7. The molecule has 1 nitrogen and oxygen atoms in total. The SMILES string of the molecule is CCC(=Cc1cccc(C)c1)CNCC(C)C. The highest BCUT2D eigenvalue weighted by molar-refractivity contribution is 5.54. The Morgan fingerprint density at radius 2 is 2.12 bits per heavy atom. The van der Waals surface area contributed by atoms with Crippen LogP contribution in [0, 0.1) is 12.8 Å².